The predicted molar refractivity (Wildman–Crippen MR) is 55.1 cm³/mol. The van der Waals surface area contributed by atoms with Gasteiger partial charge in [-0.2, -0.15) is 0 Å². The highest BCUT2D eigenvalue weighted by Crippen LogP contribution is 2.12. The summed E-state index contributed by atoms with van der Waals surface area (Å²) in [6, 6.07) is 0.432. The molecule has 13 heavy (non-hydrogen) atoms. The van der Waals surface area contributed by atoms with Gasteiger partial charge in [0.05, 0.1) is 12.4 Å². The molecule has 0 spiro atoms. The molecule has 1 rings (SSSR count). The van der Waals surface area contributed by atoms with Crippen molar-refractivity contribution in [1.29, 1.82) is 0 Å². The minimum atomic E-state index is 0.432. The van der Waals surface area contributed by atoms with Gasteiger partial charge in [-0.1, -0.05) is 0 Å². The van der Waals surface area contributed by atoms with Crippen molar-refractivity contribution in [2.75, 3.05) is 24.3 Å². The molecule has 0 aromatic carbocycles. The molecule has 0 aliphatic rings. The topological polar surface area (TPSA) is 41.1 Å². The first-order chi connectivity index (χ1) is 6.15. The van der Waals surface area contributed by atoms with Crippen LogP contribution in [0.2, 0.25) is 0 Å². The number of aromatic nitrogens is 2. The third-order valence-electron chi connectivity index (χ3n) is 2.01. The van der Waals surface area contributed by atoms with E-state index in [0.29, 0.717) is 6.04 Å². The SMILES string of the molecule is CNc1cncc(N(C)C(C)C)n1. The number of hydrogen-bond acceptors (Lipinski definition) is 4. The molecule has 1 aromatic rings. The normalized spacial score (nSPS) is 10.2. The summed E-state index contributed by atoms with van der Waals surface area (Å²) in [6.07, 6.45) is 3.47. The van der Waals surface area contributed by atoms with Gasteiger partial charge < -0.3 is 10.2 Å². The van der Waals surface area contributed by atoms with Crippen LogP contribution in [0.1, 0.15) is 13.8 Å². The molecule has 4 nitrogen and oxygen atoms in total. The van der Waals surface area contributed by atoms with Crippen molar-refractivity contribution in [2.24, 2.45) is 0 Å². The summed E-state index contributed by atoms with van der Waals surface area (Å²) in [5.74, 6) is 1.69. The van der Waals surface area contributed by atoms with Gasteiger partial charge in [0.25, 0.3) is 0 Å². The Hall–Kier alpha value is -1.32. The maximum absolute atomic E-state index is 4.36. The van der Waals surface area contributed by atoms with E-state index in [4.69, 9.17) is 0 Å². The lowest BCUT2D eigenvalue weighted by molar-refractivity contribution is 0.741. The van der Waals surface area contributed by atoms with Crippen LogP contribution in [0.15, 0.2) is 12.4 Å². The van der Waals surface area contributed by atoms with E-state index in [1.165, 1.54) is 0 Å². The largest absolute Gasteiger partial charge is 0.372 e. The van der Waals surface area contributed by atoms with Crippen LogP contribution in [-0.4, -0.2) is 30.1 Å². The van der Waals surface area contributed by atoms with Crippen LogP contribution >= 0.6 is 0 Å². The Balaban J connectivity index is 2.88. The van der Waals surface area contributed by atoms with Crippen molar-refractivity contribution in [3.63, 3.8) is 0 Å². The molecule has 1 aromatic heterocycles. The van der Waals surface area contributed by atoms with E-state index >= 15 is 0 Å². The Bertz CT molecular complexity index is 272. The molecule has 0 aliphatic carbocycles. The third-order valence-corrected chi connectivity index (χ3v) is 2.01. The molecule has 0 unspecified atom stereocenters. The average molecular weight is 180 g/mol. The molecule has 0 radical (unpaired) electrons. The van der Waals surface area contributed by atoms with Crippen LogP contribution in [0, 0.1) is 0 Å². The zero-order valence-corrected chi connectivity index (χ0v) is 8.57. The highest BCUT2D eigenvalue weighted by atomic mass is 15.2. The number of hydrogen-bond donors (Lipinski definition) is 1. The molecule has 0 atom stereocenters. The fourth-order valence-electron chi connectivity index (χ4n) is 0.911. The van der Waals surface area contributed by atoms with Crippen molar-refractivity contribution >= 4 is 11.6 Å². The second-order valence-electron chi connectivity index (χ2n) is 3.22. The fourth-order valence-corrected chi connectivity index (χ4v) is 0.911. The molecule has 72 valence electrons. The maximum atomic E-state index is 4.36. The summed E-state index contributed by atoms with van der Waals surface area (Å²) < 4.78 is 0. The lowest BCUT2D eigenvalue weighted by atomic mass is 10.3. The van der Waals surface area contributed by atoms with Crippen LogP contribution in [0.3, 0.4) is 0 Å². The maximum Gasteiger partial charge on any atom is 0.149 e. The molecule has 0 bridgehead atoms. The first-order valence-corrected chi connectivity index (χ1v) is 4.37. The first kappa shape index (κ1) is 9.77. The Morgan fingerprint density at radius 1 is 1.38 bits per heavy atom. The average Bonchev–Trinajstić information content (AvgIpc) is 2.16. The lowest BCUT2D eigenvalue weighted by Crippen LogP contribution is -2.26. The summed E-state index contributed by atoms with van der Waals surface area (Å²) in [4.78, 5) is 10.5. The second-order valence-corrected chi connectivity index (χ2v) is 3.22. The highest BCUT2D eigenvalue weighted by Gasteiger charge is 2.06. The van der Waals surface area contributed by atoms with Crippen LogP contribution in [0.4, 0.5) is 11.6 Å². The van der Waals surface area contributed by atoms with Crippen LogP contribution in [-0.2, 0) is 0 Å². The van der Waals surface area contributed by atoms with Gasteiger partial charge >= 0.3 is 0 Å². The number of rotatable bonds is 3. The molecule has 0 aliphatic heterocycles. The molecule has 1 N–H and O–H groups in total. The third kappa shape index (κ3) is 2.31. The zero-order chi connectivity index (χ0) is 9.84. The smallest absolute Gasteiger partial charge is 0.149 e. The van der Waals surface area contributed by atoms with E-state index in [1.807, 2.05) is 14.1 Å². The molecule has 0 saturated carbocycles. The van der Waals surface area contributed by atoms with Crippen molar-refractivity contribution in [3.8, 4) is 0 Å². The van der Waals surface area contributed by atoms with Crippen LogP contribution in [0.5, 0.6) is 0 Å². The van der Waals surface area contributed by atoms with E-state index in [-0.39, 0.29) is 0 Å². The van der Waals surface area contributed by atoms with Gasteiger partial charge in [0, 0.05) is 20.1 Å². The first-order valence-electron chi connectivity index (χ1n) is 4.37. The Kier molecular flexibility index (Phi) is 3.06. The second kappa shape index (κ2) is 4.07. The van der Waals surface area contributed by atoms with Crippen LogP contribution in [0.25, 0.3) is 0 Å². The molecular formula is C9H16N4. The lowest BCUT2D eigenvalue weighted by Gasteiger charge is -2.22. The summed E-state index contributed by atoms with van der Waals surface area (Å²) in [7, 11) is 3.84. The van der Waals surface area contributed by atoms with Crippen molar-refractivity contribution in [2.45, 2.75) is 19.9 Å². The number of anilines is 2. The molecular weight excluding hydrogens is 164 g/mol. The van der Waals surface area contributed by atoms with Crippen molar-refractivity contribution < 1.29 is 0 Å². The Labute approximate surface area is 79.0 Å². The molecule has 0 amide bonds. The van der Waals surface area contributed by atoms with Gasteiger partial charge in [0.2, 0.25) is 0 Å². The van der Waals surface area contributed by atoms with E-state index in [2.05, 4.69) is 34.0 Å². The van der Waals surface area contributed by atoms with E-state index in [0.717, 1.165) is 11.6 Å². The standard InChI is InChI=1S/C9H16N4/c1-7(2)13(4)9-6-11-5-8(10-3)12-9/h5-7H,1-4H3,(H,10,12). The Morgan fingerprint density at radius 2 is 2.08 bits per heavy atom. The Morgan fingerprint density at radius 3 is 2.62 bits per heavy atom. The van der Waals surface area contributed by atoms with Gasteiger partial charge in [0.15, 0.2) is 0 Å². The van der Waals surface area contributed by atoms with E-state index in [9.17, 15) is 0 Å². The summed E-state index contributed by atoms with van der Waals surface area (Å²) >= 11 is 0. The van der Waals surface area contributed by atoms with Crippen LogP contribution < -0.4 is 10.2 Å². The molecule has 4 heteroatoms. The van der Waals surface area contributed by atoms with Crippen molar-refractivity contribution in [1.82, 2.24) is 9.97 Å². The number of nitrogens with zero attached hydrogens (tertiary/aromatic N) is 3. The highest BCUT2D eigenvalue weighted by molar-refractivity contribution is 5.43. The van der Waals surface area contributed by atoms with Gasteiger partial charge in [-0.3, -0.25) is 4.98 Å². The fraction of sp³-hybridized carbons (Fsp3) is 0.556. The van der Waals surface area contributed by atoms with Gasteiger partial charge in [-0.05, 0) is 13.8 Å². The minimum Gasteiger partial charge on any atom is -0.372 e. The zero-order valence-electron chi connectivity index (χ0n) is 8.57. The molecule has 1 heterocycles. The van der Waals surface area contributed by atoms with E-state index < -0.39 is 0 Å². The summed E-state index contributed by atoms with van der Waals surface area (Å²) in [5.41, 5.74) is 0. The summed E-state index contributed by atoms with van der Waals surface area (Å²) in [6.45, 7) is 4.24. The van der Waals surface area contributed by atoms with Gasteiger partial charge in [0.1, 0.15) is 11.6 Å². The van der Waals surface area contributed by atoms with Gasteiger partial charge in [-0.15, -0.1) is 0 Å². The predicted octanol–water partition coefficient (Wildman–Crippen LogP) is 1.36. The molecule has 0 fully saturated rings. The summed E-state index contributed by atoms with van der Waals surface area (Å²) in [5, 5.41) is 2.96. The number of nitrogens with one attached hydrogen (secondary N) is 1. The monoisotopic (exact) mass is 180 g/mol. The molecule has 0 saturated heterocycles. The van der Waals surface area contributed by atoms with Gasteiger partial charge in [-0.25, -0.2) is 4.98 Å². The van der Waals surface area contributed by atoms with E-state index in [1.54, 1.807) is 12.4 Å². The quantitative estimate of drug-likeness (QED) is 0.762. The van der Waals surface area contributed by atoms with Crippen molar-refractivity contribution in [3.05, 3.63) is 12.4 Å². The minimum absolute atomic E-state index is 0.432.